The first-order chi connectivity index (χ1) is 8.88. The van der Waals surface area contributed by atoms with E-state index in [0.29, 0.717) is 6.61 Å². The maximum absolute atomic E-state index is 8.83. The van der Waals surface area contributed by atoms with Crippen molar-refractivity contribution in [2.45, 2.75) is 70.3 Å². The number of nitrogens with two attached hydrogens (primary N) is 1. The summed E-state index contributed by atoms with van der Waals surface area (Å²) in [7, 11) is 0. The highest BCUT2D eigenvalue weighted by Gasteiger charge is 2.19. The van der Waals surface area contributed by atoms with Crippen LogP contribution in [0.15, 0.2) is 0 Å². The molecule has 0 aliphatic heterocycles. The predicted octanol–water partition coefficient (Wildman–Crippen LogP) is 2.52. The number of hydrogen-bond acceptors (Lipinski definition) is 3. The highest BCUT2D eigenvalue weighted by Crippen LogP contribution is 2.22. The lowest BCUT2D eigenvalue weighted by atomic mass is 10.1. The van der Waals surface area contributed by atoms with Crippen molar-refractivity contribution in [1.82, 2.24) is 4.90 Å². The highest BCUT2D eigenvalue weighted by atomic mass is 16.2. The SMILES string of the molecule is NCCCN(CCCCCO)C1CCCCCC1. The summed E-state index contributed by atoms with van der Waals surface area (Å²) in [6, 6.07) is 0.799. The van der Waals surface area contributed by atoms with Crippen molar-refractivity contribution in [2.24, 2.45) is 5.73 Å². The van der Waals surface area contributed by atoms with Gasteiger partial charge in [-0.2, -0.15) is 0 Å². The fourth-order valence-electron chi connectivity index (χ4n) is 3.00. The average Bonchev–Trinajstić information content (AvgIpc) is 2.67. The third-order valence-electron chi connectivity index (χ3n) is 4.09. The molecular weight excluding hydrogens is 224 g/mol. The zero-order valence-electron chi connectivity index (χ0n) is 11.9. The molecular formula is C15H32N2O. The Bertz CT molecular complexity index is 179. The van der Waals surface area contributed by atoms with Crippen LogP contribution in [-0.4, -0.2) is 42.3 Å². The van der Waals surface area contributed by atoms with Crippen LogP contribution in [0.3, 0.4) is 0 Å². The molecule has 1 rings (SSSR count). The number of aliphatic hydroxyl groups is 1. The number of hydrogen-bond donors (Lipinski definition) is 2. The molecule has 3 N–H and O–H groups in total. The first-order valence-electron chi connectivity index (χ1n) is 7.93. The minimum atomic E-state index is 0.340. The first-order valence-corrected chi connectivity index (χ1v) is 7.93. The van der Waals surface area contributed by atoms with Gasteiger partial charge in [0.15, 0.2) is 0 Å². The van der Waals surface area contributed by atoms with E-state index < -0.39 is 0 Å². The van der Waals surface area contributed by atoms with Gasteiger partial charge in [0.05, 0.1) is 0 Å². The topological polar surface area (TPSA) is 49.5 Å². The maximum atomic E-state index is 8.83. The molecule has 1 aliphatic carbocycles. The summed E-state index contributed by atoms with van der Waals surface area (Å²) < 4.78 is 0. The van der Waals surface area contributed by atoms with Gasteiger partial charge >= 0.3 is 0 Å². The third-order valence-corrected chi connectivity index (χ3v) is 4.09. The van der Waals surface area contributed by atoms with E-state index in [1.165, 1.54) is 58.0 Å². The molecule has 0 heterocycles. The Kier molecular flexibility index (Phi) is 9.54. The molecule has 0 unspecified atom stereocenters. The second-order valence-electron chi connectivity index (χ2n) is 5.61. The second-order valence-corrected chi connectivity index (χ2v) is 5.61. The van der Waals surface area contributed by atoms with E-state index >= 15 is 0 Å². The Hall–Kier alpha value is -0.120. The Morgan fingerprint density at radius 2 is 1.56 bits per heavy atom. The summed E-state index contributed by atoms with van der Waals surface area (Å²) in [4.78, 5) is 2.68. The van der Waals surface area contributed by atoms with Crippen molar-refractivity contribution in [3.05, 3.63) is 0 Å². The second kappa shape index (κ2) is 10.8. The number of nitrogens with zero attached hydrogens (tertiary/aromatic N) is 1. The summed E-state index contributed by atoms with van der Waals surface area (Å²) in [6.07, 6.45) is 12.9. The molecule has 3 nitrogen and oxygen atoms in total. The largest absolute Gasteiger partial charge is 0.396 e. The van der Waals surface area contributed by atoms with Crippen LogP contribution in [-0.2, 0) is 0 Å². The number of aliphatic hydroxyl groups excluding tert-OH is 1. The fourth-order valence-corrected chi connectivity index (χ4v) is 3.00. The molecule has 0 saturated heterocycles. The highest BCUT2D eigenvalue weighted by molar-refractivity contribution is 4.75. The molecule has 0 aromatic carbocycles. The van der Waals surface area contributed by atoms with Crippen LogP contribution in [0.25, 0.3) is 0 Å². The molecule has 1 aliphatic rings. The molecule has 0 atom stereocenters. The normalized spacial score (nSPS) is 18.2. The van der Waals surface area contributed by atoms with Crippen LogP contribution >= 0.6 is 0 Å². The number of rotatable bonds is 9. The molecule has 0 bridgehead atoms. The van der Waals surface area contributed by atoms with E-state index in [1.54, 1.807) is 0 Å². The van der Waals surface area contributed by atoms with Gasteiger partial charge in [-0.3, -0.25) is 0 Å². The lowest BCUT2D eigenvalue weighted by Gasteiger charge is -2.31. The Morgan fingerprint density at radius 3 is 2.17 bits per heavy atom. The van der Waals surface area contributed by atoms with Crippen LogP contribution in [0.2, 0.25) is 0 Å². The van der Waals surface area contributed by atoms with E-state index in [0.717, 1.165) is 31.8 Å². The first kappa shape index (κ1) is 15.9. The van der Waals surface area contributed by atoms with Gasteiger partial charge in [0, 0.05) is 12.6 Å². The maximum Gasteiger partial charge on any atom is 0.0431 e. The van der Waals surface area contributed by atoms with Crippen molar-refractivity contribution >= 4 is 0 Å². The molecule has 0 aromatic rings. The summed E-state index contributed by atoms with van der Waals surface area (Å²) in [5.74, 6) is 0. The summed E-state index contributed by atoms with van der Waals surface area (Å²) in [6.45, 7) is 3.51. The third kappa shape index (κ3) is 6.72. The molecule has 3 heteroatoms. The average molecular weight is 256 g/mol. The zero-order chi connectivity index (χ0) is 13.1. The molecule has 1 saturated carbocycles. The molecule has 18 heavy (non-hydrogen) atoms. The van der Waals surface area contributed by atoms with Gasteiger partial charge in [0.25, 0.3) is 0 Å². The fraction of sp³-hybridized carbons (Fsp3) is 1.00. The van der Waals surface area contributed by atoms with Crippen molar-refractivity contribution < 1.29 is 5.11 Å². The minimum Gasteiger partial charge on any atom is -0.396 e. The number of unbranched alkanes of at least 4 members (excludes halogenated alkanes) is 2. The van der Waals surface area contributed by atoms with Crippen molar-refractivity contribution in [3.63, 3.8) is 0 Å². The Morgan fingerprint density at radius 1 is 0.889 bits per heavy atom. The van der Waals surface area contributed by atoms with E-state index in [1.807, 2.05) is 0 Å². The van der Waals surface area contributed by atoms with E-state index in [9.17, 15) is 0 Å². The van der Waals surface area contributed by atoms with Crippen LogP contribution in [0.1, 0.15) is 64.2 Å². The van der Waals surface area contributed by atoms with Crippen molar-refractivity contribution in [1.29, 1.82) is 0 Å². The van der Waals surface area contributed by atoms with Gasteiger partial charge in [-0.1, -0.05) is 25.7 Å². The Labute approximate surface area is 113 Å². The van der Waals surface area contributed by atoms with E-state index in [4.69, 9.17) is 10.8 Å². The standard InChI is InChI=1S/C15H32N2O/c16-11-8-13-17(12-6-3-7-14-18)15-9-4-1-2-5-10-15/h15,18H,1-14,16H2. The predicted molar refractivity (Wildman–Crippen MR) is 77.7 cm³/mol. The summed E-state index contributed by atoms with van der Waals surface area (Å²) in [5.41, 5.74) is 5.65. The Balaban J connectivity index is 2.31. The van der Waals surface area contributed by atoms with Crippen LogP contribution in [0.4, 0.5) is 0 Å². The van der Waals surface area contributed by atoms with Crippen LogP contribution in [0, 0.1) is 0 Å². The molecule has 1 fully saturated rings. The van der Waals surface area contributed by atoms with Crippen molar-refractivity contribution in [3.8, 4) is 0 Å². The van der Waals surface area contributed by atoms with Gasteiger partial charge in [-0.25, -0.2) is 0 Å². The van der Waals surface area contributed by atoms with Crippen LogP contribution in [0.5, 0.6) is 0 Å². The van der Waals surface area contributed by atoms with E-state index in [-0.39, 0.29) is 0 Å². The van der Waals surface area contributed by atoms with Gasteiger partial charge in [-0.15, -0.1) is 0 Å². The quantitative estimate of drug-likeness (QED) is 0.492. The summed E-state index contributed by atoms with van der Waals surface area (Å²) >= 11 is 0. The van der Waals surface area contributed by atoms with E-state index in [2.05, 4.69) is 4.90 Å². The molecule has 108 valence electrons. The summed E-state index contributed by atoms with van der Waals surface area (Å²) in [5, 5.41) is 8.83. The zero-order valence-corrected chi connectivity index (χ0v) is 11.9. The van der Waals surface area contributed by atoms with Crippen molar-refractivity contribution in [2.75, 3.05) is 26.2 Å². The van der Waals surface area contributed by atoms with Gasteiger partial charge in [-0.05, 0) is 58.2 Å². The lowest BCUT2D eigenvalue weighted by Crippen LogP contribution is -2.37. The molecule has 0 radical (unpaired) electrons. The molecule has 0 amide bonds. The molecule has 0 aromatic heterocycles. The minimum absolute atomic E-state index is 0.340. The van der Waals surface area contributed by atoms with Gasteiger partial charge in [0.1, 0.15) is 0 Å². The monoisotopic (exact) mass is 256 g/mol. The van der Waals surface area contributed by atoms with Gasteiger partial charge < -0.3 is 15.7 Å². The smallest absolute Gasteiger partial charge is 0.0431 e. The van der Waals surface area contributed by atoms with Gasteiger partial charge in [0.2, 0.25) is 0 Å². The lowest BCUT2D eigenvalue weighted by molar-refractivity contribution is 0.172. The van der Waals surface area contributed by atoms with Crippen LogP contribution < -0.4 is 5.73 Å². The molecule has 0 spiro atoms.